The Morgan fingerprint density at radius 1 is 1.22 bits per heavy atom. The summed E-state index contributed by atoms with van der Waals surface area (Å²) in [5, 5.41) is 22.3. The quantitative estimate of drug-likeness (QED) is 0.726. The van der Waals surface area contributed by atoms with Gasteiger partial charge in [-0.15, -0.1) is 0 Å². The zero-order valence-electron chi connectivity index (χ0n) is 12.2. The molecule has 0 saturated carbocycles. The van der Waals surface area contributed by atoms with Crippen LogP contribution < -0.4 is 5.32 Å². The van der Waals surface area contributed by atoms with E-state index >= 15 is 0 Å². The lowest BCUT2D eigenvalue weighted by atomic mass is 10.1. The van der Waals surface area contributed by atoms with E-state index in [2.05, 4.69) is 5.32 Å². The maximum atomic E-state index is 11.8. The van der Waals surface area contributed by atoms with Gasteiger partial charge in [0, 0.05) is 22.8 Å². The van der Waals surface area contributed by atoms with Crippen LogP contribution in [0.2, 0.25) is 5.02 Å². The number of halogens is 1. The van der Waals surface area contributed by atoms with E-state index in [0.29, 0.717) is 16.3 Å². The molecule has 0 fully saturated rings. The van der Waals surface area contributed by atoms with Crippen molar-refractivity contribution in [3.05, 3.63) is 58.1 Å². The van der Waals surface area contributed by atoms with E-state index in [9.17, 15) is 14.7 Å². The van der Waals surface area contributed by atoms with Gasteiger partial charge in [-0.2, -0.15) is 0 Å². The summed E-state index contributed by atoms with van der Waals surface area (Å²) in [6, 6.07) is 9.09. The number of hydrogen-bond acceptors (Lipinski definition) is 5. The Bertz CT molecular complexity index is 760. The molecule has 0 saturated heterocycles. The number of methoxy groups -OCH3 is 1. The van der Waals surface area contributed by atoms with Crippen molar-refractivity contribution in [3.8, 4) is 5.75 Å². The van der Waals surface area contributed by atoms with Gasteiger partial charge in [-0.05, 0) is 24.3 Å². The molecule has 23 heavy (non-hydrogen) atoms. The Balaban J connectivity index is 2.27. The Hall–Kier alpha value is -2.73. The summed E-state index contributed by atoms with van der Waals surface area (Å²) >= 11 is 5.88. The van der Waals surface area contributed by atoms with E-state index in [1.165, 1.54) is 25.3 Å². The van der Waals surface area contributed by atoms with E-state index in [-0.39, 0.29) is 23.4 Å². The minimum absolute atomic E-state index is 0.124. The number of carbonyl (C=O) groups excluding carboxylic acids is 1. The second kappa shape index (κ2) is 7.02. The summed E-state index contributed by atoms with van der Waals surface area (Å²) in [5.41, 5.74) is 0.902. The summed E-state index contributed by atoms with van der Waals surface area (Å²) in [6.07, 6.45) is 0. The number of nitrogens with one attached hydrogen (secondary N) is 1. The first-order valence-electron chi connectivity index (χ1n) is 6.60. The predicted octanol–water partition coefficient (Wildman–Crippen LogP) is 3.14. The maximum absolute atomic E-state index is 11.8. The molecule has 0 aromatic heterocycles. The molecule has 0 amide bonds. The number of aromatic hydroxyl groups is 1. The monoisotopic (exact) mass is 335 g/mol. The molecule has 0 bridgehead atoms. The highest BCUT2D eigenvalue weighted by molar-refractivity contribution is 6.31. The minimum Gasteiger partial charge on any atom is -0.507 e. The molecular weight excluding hydrogens is 322 g/mol. The lowest BCUT2D eigenvalue weighted by Crippen LogP contribution is -2.09. The molecule has 7 heteroatoms. The highest BCUT2D eigenvalue weighted by Crippen LogP contribution is 2.26. The van der Waals surface area contributed by atoms with E-state index < -0.39 is 11.9 Å². The van der Waals surface area contributed by atoms with Crippen molar-refractivity contribution in [2.75, 3.05) is 12.4 Å². The van der Waals surface area contributed by atoms with Gasteiger partial charge in [0.1, 0.15) is 11.3 Å². The highest BCUT2D eigenvalue weighted by atomic mass is 35.5. The number of ether oxygens (including phenoxy) is 1. The fourth-order valence-corrected chi connectivity index (χ4v) is 2.22. The molecule has 0 aliphatic rings. The van der Waals surface area contributed by atoms with E-state index in [0.717, 1.165) is 0 Å². The van der Waals surface area contributed by atoms with Crippen LogP contribution in [-0.2, 0) is 11.3 Å². The standard InChI is InChI=1S/C16H14ClNO5/c1-23-16(22)12-7-10(17)5-6-13(12)18-8-9-3-2-4-11(14(9)19)15(20)21/h2-7,18-19H,8H2,1H3,(H,20,21). The number of anilines is 1. The van der Waals surface area contributed by atoms with Crippen LogP contribution in [0.4, 0.5) is 5.69 Å². The second-order valence-electron chi connectivity index (χ2n) is 4.65. The first-order valence-corrected chi connectivity index (χ1v) is 6.97. The lowest BCUT2D eigenvalue weighted by Gasteiger charge is -2.13. The van der Waals surface area contributed by atoms with Crippen LogP contribution in [0.5, 0.6) is 5.75 Å². The van der Waals surface area contributed by atoms with E-state index in [4.69, 9.17) is 21.4 Å². The third-order valence-corrected chi connectivity index (χ3v) is 3.44. The number of hydrogen-bond donors (Lipinski definition) is 3. The maximum Gasteiger partial charge on any atom is 0.340 e. The Morgan fingerprint density at radius 3 is 2.61 bits per heavy atom. The average Bonchev–Trinajstić information content (AvgIpc) is 2.53. The Morgan fingerprint density at radius 2 is 1.96 bits per heavy atom. The molecule has 0 aliphatic heterocycles. The van der Waals surface area contributed by atoms with Gasteiger partial charge in [0.2, 0.25) is 0 Å². The molecule has 0 radical (unpaired) electrons. The van der Waals surface area contributed by atoms with Gasteiger partial charge in [0.05, 0.1) is 12.7 Å². The van der Waals surface area contributed by atoms with Crippen molar-refractivity contribution in [2.24, 2.45) is 0 Å². The fraction of sp³-hybridized carbons (Fsp3) is 0.125. The molecule has 2 rings (SSSR count). The van der Waals surface area contributed by atoms with Crippen molar-refractivity contribution in [1.82, 2.24) is 0 Å². The molecule has 0 aliphatic carbocycles. The largest absolute Gasteiger partial charge is 0.507 e. The molecular formula is C16H14ClNO5. The fourth-order valence-electron chi connectivity index (χ4n) is 2.05. The Labute approximate surface area is 137 Å². The minimum atomic E-state index is -1.22. The van der Waals surface area contributed by atoms with Crippen LogP contribution in [0.15, 0.2) is 36.4 Å². The summed E-state index contributed by atoms with van der Waals surface area (Å²) in [4.78, 5) is 22.8. The van der Waals surface area contributed by atoms with Crippen molar-refractivity contribution in [1.29, 1.82) is 0 Å². The molecule has 0 heterocycles. The number of carboxylic acid groups (broad SMARTS) is 1. The first kappa shape index (κ1) is 16.6. The van der Waals surface area contributed by atoms with Crippen molar-refractivity contribution in [3.63, 3.8) is 0 Å². The van der Waals surface area contributed by atoms with Gasteiger partial charge in [-0.3, -0.25) is 0 Å². The predicted molar refractivity (Wildman–Crippen MR) is 85.2 cm³/mol. The number of rotatable bonds is 5. The molecule has 0 spiro atoms. The number of phenols is 1. The van der Waals surface area contributed by atoms with Crippen LogP contribution in [0.25, 0.3) is 0 Å². The van der Waals surface area contributed by atoms with Crippen molar-refractivity contribution >= 4 is 29.2 Å². The third-order valence-electron chi connectivity index (χ3n) is 3.21. The third kappa shape index (κ3) is 3.73. The SMILES string of the molecule is COC(=O)c1cc(Cl)ccc1NCc1cccc(C(=O)O)c1O. The van der Waals surface area contributed by atoms with Crippen LogP contribution in [0, 0.1) is 0 Å². The van der Waals surface area contributed by atoms with Gasteiger partial charge in [0.25, 0.3) is 0 Å². The van der Waals surface area contributed by atoms with Crippen LogP contribution in [0.3, 0.4) is 0 Å². The number of carboxylic acids is 1. The number of para-hydroxylation sites is 1. The second-order valence-corrected chi connectivity index (χ2v) is 5.09. The highest BCUT2D eigenvalue weighted by Gasteiger charge is 2.15. The molecule has 3 N–H and O–H groups in total. The van der Waals surface area contributed by atoms with Gasteiger partial charge in [0.15, 0.2) is 0 Å². The number of aromatic carboxylic acids is 1. The summed E-state index contributed by atoms with van der Waals surface area (Å²) in [7, 11) is 1.26. The summed E-state index contributed by atoms with van der Waals surface area (Å²) in [6.45, 7) is 0.124. The average molecular weight is 336 g/mol. The topological polar surface area (TPSA) is 95.9 Å². The molecule has 120 valence electrons. The summed E-state index contributed by atoms with van der Waals surface area (Å²) < 4.78 is 4.69. The number of carbonyl (C=O) groups is 2. The van der Waals surface area contributed by atoms with Crippen LogP contribution in [0.1, 0.15) is 26.3 Å². The number of benzene rings is 2. The van der Waals surface area contributed by atoms with Gasteiger partial charge in [-0.25, -0.2) is 9.59 Å². The molecule has 6 nitrogen and oxygen atoms in total. The Kier molecular flexibility index (Phi) is 5.08. The van der Waals surface area contributed by atoms with Gasteiger partial charge in [-0.1, -0.05) is 23.7 Å². The zero-order chi connectivity index (χ0) is 17.0. The number of esters is 1. The van der Waals surface area contributed by atoms with Crippen LogP contribution >= 0.6 is 11.6 Å². The lowest BCUT2D eigenvalue weighted by molar-refractivity contribution is 0.0600. The normalized spacial score (nSPS) is 10.2. The molecule has 0 unspecified atom stereocenters. The summed E-state index contributed by atoms with van der Waals surface area (Å²) in [5.74, 6) is -2.09. The molecule has 2 aromatic rings. The molecule has 2 aromatic carbocycles. The van der Waals surface area contributed by atoms with Crippen molar-refractivity contribution < 1.29 is 24.5 Å². The van der Waals surface area contributed by atoms with Crippen molar-refractivity contribution in [2.45, 2.75) is 6.54 Å². The van der Waals surface area contributed by atoms with Gasteiger partial charge >= 0.3 is 11.9 Å². The smallest absolute Gasteiger partial charge is 0.340 e. The van der Waals surface area contributed by atoms with E-state index in [1.807, 2.05) is 0 Å². The zero-order valence-corrected chi connectivity index (χ0v) is 12.9. The van der Waals surface area contributed by atoms with E-state index in [1.54, 1.807) is 18.2 Å². The van der Waals surface area contributed by atoms with Crippen LogP contribution in [-0.4, -0.2) is 29.3 Å². The molecule has 0 atom stereocenters. The van der Waals surface area contributed by atoms with Gasteiger partial charge < -0.3 is 20.3 Å². The first-order chi connectivity index (χ1) is 10.9.